The fourth-order valence-corrected chi connectivity index (χ4v) is 14.3. The maximum atomic E-state index is 13.7. The number of piperidine rings is 2. The molecule has 9 atom stereocenters. The molecule has 3 saturated carbocycles. The highest BCUT2D eigenvalue weighted by Crippen LogP contribution is 2.74. The average Bonchev–Trinajstić information content (AvgIpc) is 3.76. The summed E-state index contributed by atoms with van der Waals surface area (Å²) in [5.41, 5.74) is 8.06. The van der Waals surface area contributed by atoms with Crippen LogP contribution in [0.1, 0.15) is 99.2 Å². The van der Waals surface area contributed by atoms with Crippen LogP contribution in [0.4, 0.5) is 5.69 Å². The minimum Gasteiger partial charge on any atom is -0.469 e. The first-order chi connectivity index (χ1) is 22.9. The summed E-state index contributed by atoms with van der Waals surface area (Å²) in [4.78, 5) is 19.3. The van der Waals surface area contributed by atoms with Crippen LogP contribution in [-0.2, 0) is 21.4 Å². The lowest BCUT2D eigenvalue weighted by Crippen LogP contribution is -2.76. The molecule has 3 aromatic rings. The maximum absolute atomic E-state index is 13.7. The summed E-state index contributed by atoms with van der Waals surface area (Å²) in [6.45, 7) is 6.59. The van der Waals surface area contributed by atoms with Crippen molar-refractivity contribution < 1.29 is 14.6 Å². The number of hydrogen-bond acceptors (Lipinski definition) is 6. The number of aromatic nitrogens is 1. The largest absolute Gasteiger partial charge is 0.469 e. The molecule has 3 aliphatic carbocycles. The number of benzene rings is 2. The molecule has 6 aliphatic heterocycles. The molecule has 2 bridgehead atoms. The SMILES string of the molecule is COC(=O)C1CC23CCCN4CCC5(c6cc(C7CC8(C(C)O)CCCN9CCc%10c(n7c7ccccc%107)C98)ccc6NC15CC2)C43. The molecule has 9 aliphatic rings. The van der Waals surface area contributed by atoms with Gasteiger partial charge < -0.3 is 19.7 Å². The van der Waals surface area contributed by atoms with Crippen molar-refractivity contribution in [2.24, 2.45) is 16.7 Å². The minimum absolute atomic E-state index is 0.0176. The van der Waals surface area contributed by atoms with Crippen molar-refractivity contribution >= 4 is 22.6 Å². The van der Waals surface area contributed by atoms with E-state index in [1.165, 1.54) is 64.8 Å². The van der Waals surface area contributed by atoms with E-state index in [-0.39, 0.29) is 51.9 Å². The zero-order valence-corrected chi connectivity index (χ0v) is 27.9. The molecule has 12 rings (SSSR count). The summed E-state index contributed by atoms with van der Waals surface area (Å²) < 4.78 is 8.32. The first kappa shape index (κ1) is 28.0. The average molecular weight is 633 g/mol. The van der Waals surface area contributed by atoms with E-state index in [1.54, 1.807) is 7.11 Å². The molecule has 9 unspecified atom stereocenters. The summed E-state index contributed by atoms with van der Waals surface area (Å²) in [7, 11) is 1.59. The highest BCUT2D eigenvalue weighted by Gasteiger charge is 2.79. The third kappa shape index (κ3) is 3.03. The molecule has 1 aromatic heterocycles. The molecular weight excluding hydrogens is 584 g/mol. The third-order valence-corrected chi connectivity index (χ3v) is 15.8. The van der Waals surface area contributed by atoms with Gasteiger partial charge in [-0.3, -0.25) is 14.6 Å². The van der Waals surface area contributed by atoms with Crippen LogP contribution in [-0.4, -0.2) is 76.4 Å². The van der Waals surface area contributed by atoms with Gasteiger partial charge in [0, 0.05) is 45.7 Å². The number of methoxy groups -OCH3 is 1. The monoisotopic (exact) mass is 632 g/mol. The molecule has 6 fully saturated rings. The second-order valence-electron chi connectivity index (χ2n) is 17.0. The number of esters is 1. The van der Waals surface area contributed by atoms with Gasteiger partial charge in [-0.25, -0.2) is 0 Å². The summed E-state index contributed by atoms with van der Waals surface area (Å²) in [5.74, 6) is -0.134. The van der Waals surface area contributed by atoms with Gasteiger partial charge in [0.1, 0.15) is 0 Å². The van der Waals surface area contributed by atoms with Gasteiger partial charge >= 0.3 is 5.97 Å². The van der Waals surface area contributed by atoms with Crippen LogP contribution in [0, 0.1) is 16.7 Å². The van der Waals surface area contributed by atoms with E-state index in [1.807, 2.05) is 0 Å². The number of rotatable bonds is 3. The van der Waals surface area contributed by atoms with Gasteiger partial charge in [-0.1, -0.05) is 30.3 Å². The Morgan fingerprint density at radius 1 is 0.979 bits per heavy atom. The highest BCUT2D eigenvalue weighted by atomic mass is 16.5. The Labute approximate surface area is 277 Å². The number of nitrogens with zero attached hydrogens (tertiary/aromatic N) is 3. The van der Waals surface area contributed by atoms with Crippen LogP contribution < -0.4 is 5.32 Å². The third-order valence-electron chi connectivity index (χ3n) is 15.8. The van der Waals surface area contributed by atoms with Gasteiger partial charge in [0.15, 0.2) is 0 Å². The van der Waals surface area contributed by atoms with Gasteiger partial charge in [0.25, 0.3) is 0 Å². The smallest absolute Gasteiger partial charge is 0.311 e. The number of hydrogen-bond donors (Lipinski definition) is 2. The van der Waals surface area contributed by atoms with Crippen molar-refractivity contribution in [2.45, 2.75) is 106 Å². The lowest BCUT2D eigenvalue weighted by Gasteiger charge is -2.69. The first-order valence-electron chi connectivity index (χ1n) is 18.7. The second-order valence-corrected chi connectivity index (χ2v) is 17.0. The molecule has 47 heavy (non-hydrogen) atoms. The molecule has 3 saturated heterocycles. The quantitative estimate of drug-likeness (QED) is 0.349. The molecule has 7 heterocycles. The van der Waals surface area contributed by atoms with Gasteiger partial charge in [-0.2, -0.15) is 0 Å². The molecule has 0 amide bonds. The Morgan fingerprint density at radius 3 is 2.70 bits per heavy atom. The molecule has 2 aromatic carbocycles. The van der Waals surface area contributed by atoms with E-state index < -0.39 is 0 Å². The number of aliphatic hydroxyl groups is 1. The van der Waals surface area contributed by atoms with Crippen molar-refractivity contribution in [3.05, 3.63) is 64.8 Å². The van der Waals surface area contributed by atoms with Crippen LogP contribution in [0.5, 0.6) is 0 Å². The molecule has 3 spiro atoms. The Bertz CT molecular complexity index is 1870. The van der Waals surface area contributed by atoms with Gasteiger partial charge in [-0.05, 0) is 125 Å². The maximum Gasteiger partial charge on any atom is 0.311 e. The fourth-order valence-electron chi connectivity index (χ4n) is 14.3. The Morgan fingerprint density at radius 2 is 1.83 bits per heavy atom. The Hall–Kier alpha value is -2.87. The summed E-state index contributed by atoms with van der Waals surface area (Å²) in [6.07, 6.45) is 10.7. The van der Waals surface area contributed by atoms with E-state index in [2.05, 4.69) is 69.1 Å². The molecule has 7 nitrogen and oxygen atoms in total. The number of nitrogens with one attached hydrogen (secondary N) is 1. The van der Waals surface area contributed by atoms with Crippen LogP contribution in [0.2, 0.25) is 0 Å². The number of carbonyl (C=O) groups excluding carboxylic acids is 1. The van der Waals surface area contributed by atoms with E-state index >= 15 is 0 Å². The van der Waals surface area contributed by atoms with Crippen LogP contribution >= 0.6 is 0 Å². The number of fused-ring (bicyclic) bond motifs is 6. The number of para-hydroxylation sites is 1. The zero-order chi connectivity index (χ0) is 31.5. The number of anilines is 1. The predicted octanol–water partition coefficient (Wildman–Crippen LogP) is 5.94. The summed E-state index contributed by atoms with van der Waals surface area (Å²) in [6, 6.07) is 17.4. The molecular formula is C40H48N4O3. The van der Waals surface area contributed by atoms with E-state index in [9.17, 15) is 9.90 Å². The first-order valence-corrected chi connectivity index (χ1v) is 18.7. The fraction of sp³-hybridized carbons (Fsp3) is 0.625. The Balaban J connectivity index is 1.14. The lowest BCUT2D eigenvalue weighted by molar-refractivity contribution is -0.171. The van der Waals surface area contributed by atoms with Gasteiger partial charge in [0.05, 0.1) is 36.8 Å². The van der Waals surface area contributed by atoms with Crippen LogP contribution in [0.3, 0.4) is 0 Å². The van der Waals surface area contributed by atoms with E-state index in [0.717, 1.165) is 64.6 Å². The summed E-state index contributed by atoms with van der Waals surface area (Å²) >= 11 is 0. The summed E-state index contributed by atoms with van der Waals surface area (Å²) in [5, 5.41) is 17.3. The lowest BCUT2D eigenvalue weighted by atomic mass is 9.39. The molecule has 7 heteroatoms. The second kappa shape index (κ2) is 9.02. The van der Waals surface area contributed by atoms with Crippen molar-refractivity contribution in [2.75, 3.05) is 38.6 Å². The van der Waals surface area contributed by atoms with Gasteiger partial charge in [-0.15, -0.1) is 0 Å². The number of carbonyl (C=O) groups is 1. The van der Waals surface area contributed by atoms with Crippen LogP contribution in [0.15, 0.2) is 42.5 Å². The molecule has 2 N–H and O–H groups in total. The van der Waals surface area contributed by atoms with Crippen LogP contribution in [0.25, 0.3) is 10.9 Å². The van der Waals surface area contributed by atoms with E-state index in [4.69, 9.17) is 4.74 Å². The zero-order valence-electron chi connectivity index (χ0n) is 27.9. The van der Waals surface area contributed by atoms with Gasteiger partial charge in [0.2, 0.25) is 0 Å². The number of aliphatic hydroxyl groups excluding tert-OH is 1. The van der Waals surface area contributed by atoms with Crippen molar-refractivity contribution in [1.82, 2.24) is 14.4 Å². The van der Waals surface area contributed by atoms with Crippen molar-refractivity contribution in [3.63, 3.8) is 0 Å². The highest BCUT2D eigenvalue weighted by molar-refractivity contribution is 5.87. The predicted molar refractivity (Wildman–Crippen MR) is 182 cm³/mol. The Kier molecular flexibility index (Phi) is 5.38. The van der Waals surface area contributed by atoms with Crippen molar-refractivity contribution in [3.8, 4) is 0 Å². The topological polar surface area (TPSA) is 70.0 Å². The molecule has 246 valence electrons. The minimum atomic E-state index is -0.381. The molecule has 0 radical (unpaired) electrons. The normalized spacial score (nSPS) is 41.5. The van der Waals surface area contributed by atoms with E-state index in [0.29, 0.717) is 6.04 Å². The van der Waals surface area contributed by atoms with Crippen molar-refractivity contribution in [1.29, 1.82) is 0 Å². The number of ether oxygens (including phenoxy) is 1. The standard InChI is InChI=1S/C40H48N4O3/c1-24(45)38-13-6-17-42-19-11-27-26-7-3-4-8-31(26)44(33(27)34(38)42)32(23-38)25-9-10-30-28(21-25)39-16-20-43-18-5-12-37(36(39)43)14-15-40(39,41-30)29(22-37)35(46)47-2/h3-4,7-10,21,24,29,32,34,36,41,45H,5-6,11-20,22-23H2,1-2H3.